The first-order valence-corrected chi connectivity index (χ1v) is 7.40. The first-order valence-electron chi connectivity index (χ1n) is 7.40. The van der Waals surface area contributed by atoms with Crippen molar-refractivity contribution < 1.29 is 4.79 Å². The number of hydrogen-bond acceptors (Lipinski definition) is 3. The van der Waals surface area contributed by atoms with E-state index in [9.17, 15) is 4.79 Å². The summed E-state index contributed by atoms with van der Waals surface area (Å²) in [5, 5.41) is 6.17. The third kappa shape index (κ3) is 5.21. The zero-order chi connectivity index (χ0) is 15.0. The van der Waals surface area contributed by atoms with E-state index in [1.54, 1.807) is 0 Å². The highest BCUT2D eigenvalue weighted by atomic mass is 16.1. The minimum Gasteiger partial charge on any atom is -0.385 e. The van der Waals surface area contributed by atoms with Crippen molar-refractivity contribution in [1.82, 2.24) is 10.2 Å². The smallest absolute Gasteiger partial charge is 0.251 e. The van der Waals surface area contributed by atoms with Crippen LogP contribution in [0.5, 0.6) is 0 Å². The molecule has 1 atom stereocenters. The molecule has 1 aromatic rings. The summed E-state index contributed by atoms with van der Waals surface area (Å²) in [6, 6.07) is 8.12. The summed E-state index contributed by atoms with van der Waals surface area (Å²) >= 11 is 0. The highest BCUT2D eigenvalue weighted by Gasteiger charge is 2.08. The minimum absolute atomic E-state index is 0.00870. The van der Waals surface area contributed by atoms with Crippen molar-refractivity contribution in [2.75, 3.05) is 32.0 Å². The van der Waals surface area contributed by atoms with Gasteiger partial charge >= 0.3 is 0 Å². The van der Waals surface area contributed by atoms with E-state index in [-0.39, 0.29) is 5.91 Å². The molecule has 0 aliphatic rings. The van der Waals surface area contributed by atoms with Gasteiger partial charge in [-0.3, -0.25) is 4.79 Å². The zero-order valence-corrected chi connectivity index (χ0v) is 13.1. The highest BCUT2D eigenvalue weighted by molar-refractivity contribution is 5.94. The summed E-state index contributed by atoms with van der Waals surface area (Å²) in [5.74, 6) is -0.00870. The van der Waals surface area contributed by atoms with Gasteiger partial charge in [-0.1, -0.05) is 6.92 Å². The van der Waals surface area contributed by atoms with Crippen LogP contribution in [0.4, 0.5) is 5.69 Å². The lowest BCUT2D eigenvalue weighted by Crippen LogP contribution is -2.37. The van der Waals surface area contributed by atoms with Crippen molar-refractivity contribution in [2.24, 2.45) is 0 Å². The molecule has 0 aromatic heterocycles. The van der Waals surface area contributed by atoms with E-state index >= 15 is 0 Å². The van der Waals surface area contributed by atoms with Gasteiger partial charge in [-0.2, -0.15) is 0 Å². The average Bonchev–Trinajstić information content (AvgIpc) is 2.47. The lowest BCUT2D eigenvalue weighted by Gasteiger charge is -2.23. The van der Waals surface area contributed by atoms with Crippen molar-refractivity contribution in [3.05, 3.63) is 29.8 Å². The van der Waals surface area contributed by atoms with Crippen molar-refractivity contribution in [3.8, 4) is 0 Å². The Labute approximate surface area is 122 Å². The van der Waals surface area contributed by atoms with Gasteiger partial charge in [-0.25, -0.2) is 0 Å². The predicted molar refractivity (Wildman–Crippen MR) is 85.3 cm³/mol. The maximum atomic E-state index is 12.0. The fourth-order valence-corrected chi connectivity index (χ4v) is 1.92. The standard InChI is InChI=1S/C16H27N3O/c1-5-13(3)19(4)12-11-18-16(20)14-7-9-15(10-8-14)17-6-2/h7-10,13,17H,5-6,11-12H2,1-4H3,(H,18,20). The first kappa shape index (κ1) is 16.5. The van der Waals surface area contributed by atoms with Crippen LogP contribution in [0.25, 0.3) is 0 Å². The second-order valence-electron chi connectivity index (χ2n) is 5.10. The predicted octanol–water partition coefficient (Wildman–Crippen LogP) is 2.58. The van der Waals surface area contributed by atoms with Gasteiger partial charge < -0.3 is 15.5 Å². The van der Waals surface area contributed by atoms with Gasteiger partial charge in [0.25, 0.3) is 5.91 Å². The number of nitrogens with one attached hydrogen (secondary N) is 2. The molecule has 0 heterocycles. The van der Waals surface area contributed by atoms with Gasteiger partial charge in [-0.05, 0) is 51.6 Å². The van der Waals surface area contributed by atoms with Crippen LogP contribution in [0, 0.1) is 0 Å². The first-order chi connectivity index (χ1) is 9.58. The van der Waals surface area contributed by atoms with Gasteiger partial charge in [0.1, 0.15) is 0 Å². The van der Waals surface area contributed by atoms with E-state index in [0.717, 1.165) is 25.2 Å². The summed E-state index contributed by atoms with van der Waals surface area (Å²) in [5.41, 5.74) is 1.75. The van der Waals surface area contributed by atoms with Gasteiger partial charge in [0.15, 0.2) is 0 Å². The number of amides is 1. The molecule has 0 bridgehead atoms. The Hall–Kier alpha value is -1.55. The number of likely N-dealkylation sites (N-methyl/N-ethyl adjacent to an activating group) is 1. The molecule has 4 nitrogen and oxygen atoms in total. The van der Waals surface area contributed by atoms with E-state index in [2.05, 4.69) is 43.4 Å². The number of rotatable bonds is 8. The van der Waals surface area contributed by atoms with Crippen LogP contribution in [-0.4, -0.2) is 43.5 Å². The Morgan fingerprint density at radius 3 is 2.45 bits per heavy atom. The molecule has 0 radical (unpaired) electrons. The molecular formula is C16H27N3O. The molecule has 4 heteroatoms. The van der Waals surface area contributed by atoms with E-state index in [1.807, 2.05) is 24.3 Å². The second kappa shape index (κ2) is 8.59. The van der Waals surface area contributed by atoms with Crippen LogP contribution in [0.1, 0.15) is 37.6 Å². The maximum absolute atomic E-state index is 12.0. The van der Waals surface area contributed by atoms with Crippen LogP contribution < -0.4 is 10.6 Å². The number of anilines is 1. The Balaban J connectivity index is 2.39. The molecular weight excluding hydrogens is 250 g/mol. The molecule has 1 rings (SSSR count). The topological polar surface area (TPSA) is 44.4 Å². The number of carbonyl (C=O) groups is 1. The molecule has 1 amide bonds. The molecule has 0 aliphatic heterocycles. The fraction of sp³-hybridized carbons (Fsp3) is 0.562. The molecule has 20 heavy (non-hydrogen) atoms. The maximum Gasteiger partial charge on any atom is 0.251 e. The van der Waals surface area contributed by atoms with Crippen molar-refractivity contribution in [3.63, 3.8) is 0 Å². The Bertz CT molecular complexity index is 403. The number of nitrogens with zero attached hydrogens (tertiary/aromatic N) is 1. The molecule has 0 aliphatic carbocycles. The van der Waals surface area contributed by atoms with E-state index in [4.69, 9.17) is 0 Å². The quantitative estimate of drug-likeness (QED) is 0.767. The number of hydrogen-bond donors (Lipinski definition) is 2. The largest absolute Gasteiger partial charge is 0.385 e. The van der Waals surface area contributed by atoms with E-state index in [1.165, 1.54) is 0 Å². The lowest BCUT2D eigenvalue weighted by molar-refractivity contribution is 0.0947. The number of carbonyl (C=O) groups excluding carboxylic acids is 1. The molecule has 0 saturated carbocycles. The Morgan fingerprint density at radius 1 is 1.25 bits per heavy atom. The highest BCUT2D eigenvalue weighted by Crippen LogP contribution is 2.09. The van der Waals surface area contributed by atoms with Crippen molar-refractivity contribution in [2.45, 2.75) is 33.2 Å². The van der Waals surface area contributed by atoms with Crippen LogP contribution in [-0.2, 0) is 0 Å². The monoisotopic (exact) mass is 277 g/mol. The van der Waals surface area contributed by atoms with Crippen molar-refractivity contribution in [1.29, 1.82) is 0 Å². The Morgan fingerprint density at radius 2 is 1.90 bits per heavy atom. The normalized spacial score (nSPS) is 12.2. The summed E-state index contributed by atoms with van der Waals surface area (Å²) in [6.45, 7) is 8.85. The third-order valence-corrected chi connectivity index (χ3v) is 3.62. The summed E-state index contributed by atoms with van der Waals surface area (Å²) < 4.78 is 0. The van der Waals surface area contributed by atoms with Gasteiger partial charge in [0.2, 0.25) is 0 Å². The fourth-order valence-electron chi connectivity index (χ4n) is 1.92. The molecule has 0 fully saturated rings. The Kier molecular flexibility index (Phi) is 7.09. The molecule has 2 N–H and O–H groups in total. The van der Waals surface area contributed by atoms with E-state index < -0.39 is 0 Å². The summed E-state index contributed by atoms with van der Waals surface area (Å²) in [7, 11) is 2.09. The number of benzene rings is 1. The van der Waals surface area contributed by atoms with E-state index in [0.29, 0.717) is 18.2 Å². The van der Waals surface area contributed by atoms with Gasteiger partial charge in [0.05, 0.1) is 0 Å². The third-order valence-electron chi connectivity index (χ3n) is 3.62. The lowest BCUT2D eigenvalue weighted by atomic mass is 10.2. The van der Waals surface area contributed by atoms with Gasteiger partial charge in [-0.15, -0.1) is 0 Å². The average molecular weight is 277 g/mol. The summed E-state index contributed by atoms with van der Waals surface area (Å²) in [6.07, 6.45) is 1.12. The zero-order valence-electron chi connectivity index (χ0n) is 13.1. The van der Waals surface area contributed by atoms with Crippen molar-refractivity contribution >= 4 is 11.6 Å². The molecule has 0 saturated heterocycles. The SMILES string of the molecule is CCNc1ccc(C(=O)NCCN(C)C(C)CC)cc1. The van der Waals surface area contributed by atoms with Crippen LogP contribution in [0.2, 0.25) is 0 Å². The molecule has 0 spiro atoms. The molecule has 112 valence electrons. The van der Waals surface area contributed by atoms with Crippen LogP contribution in [0.3, 0.4) is 0 Å². The van der Waals surface area contributed by atoms with Gasteiger partial charge in [0, 0.05) is 36.9 Å². The second-order valence-corrected chi connectivity index (χ2v) is 5.10. The summed E-state index contributed by atoms with van der Waals surface area (Å²) in [4.78, 5) is 14.2. The molecule has 1 aromatic carbocycles. The molecule has 1 unspecified atom stereocenters. The minimum atomic E-state index is -0.00870. The van der Waals surface area contributed by atoms with Crippen LogP contribution >= 0.6 is 0 Å². The van der Waals surface area contributed by atoms with Crippen LogP contribution in [0.15, 0.2) is 24.3 Å².